The molecule has 0 aliphatic rings. The van der Waals surface area contributed by atoms with Crippen molar-refractivity contribution in [2.75, 3.05) is 0 Å². The summed E-state index contributed by atoms with van der Waals surface area (Å²) >= 11 is 5.28. The summed E-state index contributed by atoms with van der Waals surface area (Å²) < 4.78 is 0. The molecule has 0 N–H and O–H groups in total. The van der Waals surface area contributed by atoms with Gasteiger partial charge in [0, 0.05) is 5.56 Å². The first-order chi connectivity index (χ1) is 5.65. The van der Waals surface area contributed by atoms with E-state index in [2.05, 4.69) is 11.7 Å². The minimum Gasteiger partial charge on any atom is -0.276 e. The van der Waals surface area contributed by atoms with Crippen LogP contribution in [0, 0.1) is 6.92 Å². The van der Waals surface area contributed by atoms with E-state index in [0.29, 0.717) is 11.3 Å². The number of rotatable bonds is 2. The van der Waals surface area contributed by atoms with Gasteiger partial charge in [-0.25, -0.2) is 0 Å². The topological polar surface area (TPSA) is 29.4 Å². The van der Waals surface area contributed by atoms with Crippen LogP contribution in [0.5, 0.6) is 0 Å². The molecule has 0 spiro atoms. The number of aliphatic imine (C=N–C) groups is 1. The van der Waals surface area contributed by atoms with Crippen LogP contribution in [0.25, 0.3) is 0 Å². The van der Waals surface area contributed by atoms with Crippen LogP contribution in [0.2, 0.25) is 0 Å². The van der Waals surface area contributed by atoms with E-state index in [4.69, 9.17) is 11.6 Å². The van der Waals surface area contributed by atoms with Gasteiger partial charge in [0.2, 0.25) is 0 Å². The molecule has 1 rings (SSSR count). The Kier molecular flexibility index (Phi) is 2.61. The third-order valence-corrected chi connectivity index (χ3v) is 1.82. The summed E-state index contributed by atoms with van der Waals surface area (Å²) in [6, 6.07) is 5.08. The van der Waals surface area contributed by atoms with Crippen LogP contribution in [-0.4, -0.2) is 12.0 Å². The van der Waals surface area contributed by atoms with E-state index in [1.165, 1.54) is 0 Å². The van der Waals surface area contributed by atoms with Gasteiger partial charge >= 0.3 is 0 Å². The molecule has 12 heavy (non-hydrogen) atoms. The molecule has 1 aromatic carbocycles. The second kappa shape index (κ2) is 3.50. The molecule has 0 radical (unpaired) electrons. The van der Waals surface area contributed by atoms with Gasteiger partial charge in [-0.1, -0.05) is 6.07 Å². The highest BCUT2D eigenvalue weighted by molar-refractivity contribution is 6.67. The van der Waals surface area contributed by atoms with Crippen LogP contribution in [0.15, 0.2) is 23.2 Å². The number of hydrogen-bond acceptors (Lipinski definition) is 2. The molecule has 0 bridgehead atoms. The number of hydrogen-bond donors (Lipinski definition) is 0. The fourth-order valence-electron chi connectivity index (χ4n) is 0.902. The van der Waals surface area contributed by atoms with Gasteiger partial charge in [0.15, 0.2) is 0 Å². The van der Waals surface area contributed by atoms with Crippen molar-refractivity contribution in [1.29, 1.82) is 0 Å². The first kappa shape index (κ1) is 8.94. The molecule has 0 fully saturated rings. The maximum Gasteiger partial charge on any atom is 0.252 e. The smallest absolute Gasteiger partial charge is 0.252 e. The Morgan fingerprint density at radius 3 is 2.75 bits per heavy atom. The molecule has 0 unspecified atom stereocenters. The van der Waals surface area contributed by atoms with Crippen molar-refractivity contribution in [2.24, 2.45) is 4.99 Å². The van der Waals surface area contributed by atoms with Gasteiger partial charge in [-0.05, 0) is 42.9 Å². The normalized spacial score (nSPS) is 9.50. The molecule has 0 atom stereocenters. The monoisotopic (exact) mass is 181 g/mol. The van der Waals surface area contributed by atoms with E-state index >= 15 is 0 Å². The second-order valence-electron chi connectivity index (χ2n) is 2.43. The minimum atomic E-state index is -0.472. The largest absolute Gasteiger partial charge is 0.276 e. The highest BCUT2D eigenvalue weighted by Gasteiger charge is 2.03. The van der Waals surface area contributed by atoms with Crippen molar-refractivity contribution in [3.8, 4) is 0 Å². The molecule has 0 saturated carbocycles. The van der Waals surface area contributed by atoms with E-state index in [1.54, 1.807) is 18.2 Å². The van der Waals surface area contributed by atoms with E-state index in [-0.39, 0.29) is 0 Å². The molecule has 0 amide bonds. The Bertz CT molecular complexity index is 333. The van der Waals surface area contributed by atoms with Gasteiger partial charge in [0.05, 0.1) is 5.69 Å². The molecular formula is C9H8ClNO. The summed E-state index contributed by atoms with van der Waals surface area (Å²) in [5.74, 6) is 0. The fourth-order valence-corrected chi connectivity index (χ4v) is 1.02. The highest BCUT2D eigenvalue weighted by Crippen LogP contribution is 2.20. The lowest BCUT2D eigenvalue weighted by molar-refractivity contribution is 0.108. The standard InChI is InChI=1S/C9H8ClNO/c1-6-3-4-7(9(10)12)5-8(6)11-2/h3-5H,2H2,1H3. The van der Waals surface area contributed by atoms with Crippen LogP contribution in [0.3, 0.4) is 0 Å². The summed E-state index contributed by atoms with van der Waals surface area (Å²) in [7, 11) is 0. The average molecular weight is 182 g/mol. The summed E-state index contributed by atoms with van der Waals surface area (Å²) in [6.45, 7) is 5.28. The lowest BCUT2D eigenvalue weighted by atomic mass is 10.1. The summed E-state index contributed by atoms with van der Waals surface area (Å²) in [6.07, 6.45) is 0. The molecule has 3 heteroatoms. The van der Waals surface area contributed by atoms with E-state index in [0.717, 1.165) is 5.56 Å². The van der Waals surface area contributed by atoms with Crippen LogP contribution < -0.4 is 0 Å². The van der Waals surface area contributed by atoms with Gasteiger partial charge in [0.25, 0.3) is 5.24 Å². The van der Waals surface area contributed by atoms with Gasteiger partial charge < -0.3 is 0 Å². The number of aryl methyl sites for hydroxylation is 1. The molecule has 0 saturated heterocycles. The van der Waals surface area contributed by atoms with Crippen LogP contribution in [0.1, 0.15) is 15.9 Å². The maximum absolute atomic E-state index is 10.7. The Hall–Kier alpha value is -1.15. The predicted octanol–water partition coefficient (Wildman–Crippen LogP) is 2.71. The molecule has 2 nitrogen and oxygen atoms in total. The third kappa shape index (κ3) is 1.71. The molecule has 0 aliphatic heterocycles. The molecule has 1 aromatic rings. The summed E-state index contributed by atoms with van der Waals surface area (Å²) in [5, 5.41) is -0.472. The molecule has 62 valence electrons. The van der Waals surface area contributed by atoms with Crippen LogP contribution in [-0.2, 0) is 0 Å². The Labute approximate surface area is 75.9 Å². The first-order valence-corrected chi connectivity index (χ1v) is 3.80. The van der Waals surface area contributed by atoms with Crippen molar-refractivity contribution < 1.29 is 4.79 Å². The molecule has 0 heterocycles. The number of carbonyl (C=O) groups is 1. The number of halogens is 1. The van der Waals surface area contributed by atoms with Crippen molar-refractivity contribution >= 4 is 29.2 Å². The Balaban J connectivity index is 3.22. The average Bonchev–Trinajstić information content (AvgIpc) is 2.05. The second-order valence-corrected chi connectivity index (χ2v) is 2.78. The zero-order valence-corrected chi connectivity index (χ0v) is 7.43. The first-order valence-electron chi connectivity index (χ1n) is 3.42. The van der Waals surface area contributed by atoms with Crippen molar-refractivity contribution in [3.05, 3.63) is 29.3 Å². The van der Waals surface area contributed by atoms with Crippen molar-refractivity contribution in [3.63, 3.8) is 0 Å². The van der Waals surface area contributed by atoms with Crippen molar-refractivity contribution in [1.82, 2.24) is 0 Å². The fraction of sp³-hybridized carbons (Fsp3) is 0.111. The highest BCUT2D eigenvalue weighted by atomic mass is 35.5. The van der Waals surface area contributed by atoms with E-state index in [1.807, 2.05) is 6.92 Å². The van der Waals surface area contributed by atoms with Gasteiger partial charge in [0.1, 0.15) is 0 Å². The lowest BCUT2D eigenvalue weighted by Crippen LogP contribution is -1.88. The van der Waals surface area contributed by atoms with Crippen LogP contribution in [0.4, 0.5) is 5.69 Å². The lowest BCUT2D eigenvalue weighted by Gasteiger charge is -1.99. The molecule has 0 aliphatic carbocycles. The summed E-state index contributed by atoms with van der Waals surface area (Å²) in [5.41, 5.74) is 2.12. The zero-order valence-electron chi connectivity index (χ0n) is 6.67. The molecule has 0 aromatic heterocycles. The van der Waals surface area contributed by atoms with E-state index in [9.17, 15) is 4.79 Å². The molecular weight excluding hydrogens is 174 g/mol. The van der Waals surface area contributed by atoms with Gasteiger partial charge in [-0.15, -0.1) is 0 Å². The maximum atomic E-state index is 10.7. The Morgan fingerprint density at radius 2 is 2.25 bits per heavy atom. The van der Waals surface area contributed by atoms with Crippen LogP contribution >= 0.6 is 11.6 Å². The predicted molar refractivity (Wildman–Crippen MR) is 50.6 cm³/mol. The Morgan fingerprint density at radius 1 is 1.58 bits per heavy atom. The number of carbonyl (C=O) groups excluding carboxylic acids is 1. The zero-order chi connectivity index (χ0) is 9.14. The van der Waals surface area contributed by atoms with E-state index < -0.39 is 5.24 Å². The summed E-state index contributed by atoms with van der Waals surface area (Å²) in [4.78, 5) is 14.5. The third-order valence-electron chi connectivity index (χ3n) is 1.61. The minimum absolute atomic E-state index is 0.449. The quantitative estimate of drug-likeness (QED) is 0.510. The SMILES string of the molecule is C=Nc1cc(C(=O)Cl)ccc1C. The van der Waals surface area contributed by atoms with Gasteiger partial charge in [-0.2, -0.15) is 0 Å². The van der Waals surface area contributed by atoms with Gasteiger partial charge in [-0.3, -0.25) is 9.79 Å². The number of benzene rings is 1. The number of nitrogens with zero attached hydrogens (tertiary/aromatic N) is 1. The van der Waals surface area contributed by atoms with Crippen molar-refractivity contribution in [2.45, 2.75) is 6.92 Å².